The van der Waals surface area contributed by atoms with Crippen LogP contribution in [0, 0.1) is 0 Å². The number of pyridine rings is 1. The van der Waals surface area contributed by atoms with Crippen LogP contribution in [0.15, 0.2) is 72.8 Å². The van der Waals surface area contributed by atoms with Gasteiger partial charge in [-0.15, -0.1) is 11.3 Å². The summed E-state index contributed by atoms with van der Waals surface area (Å²) in [4.78, 5) is 23.5. The number of carbonyl (C=O) groups excluding carboxylic acids is 1. The highest BCUT2D eigenvalue weighted by atomic mass is 32.1. The fourth-order valence-electron chi connectivity index (χ4n) is 4.01. The number of morpholine rings is 1. The van der Waals surface area contributed by atoms with Crippen LogP contribution in [0.5, 0.6) is 0 Å². The molecule has 0 unspecified atom stereocenters. The minimum absolute atomic E-state index is 0.0225. The van der Waals surface area contributed by atoms with E-state index in [2.05, 4.69) is 35.2 Å². The number of anilines is 1. The Morgan fingerprint density at radius 2 is 1.78 bits per heavy atom. The molecule has 4 aromatic rings. The van der Waals surface area contributed by atoms with Crippen molar-refractivity contribution < 1.29 is 9.53 Å². The van der Waals surface area contributed by atoms with Crippen molar-refractivity contribution in [3.8, 4) is 10.6 Å². The molecule has 0 spiro atoms. The number of fused-ring (bicyclic) bond motifs is 1. The van der Waals surface area contributed by atoms with E-state index in [-0.39, 0.29) is 5.91 Å². The average molecular weight is 444 g/mol. The first-order chi connectivity index (χ1) is 15.7. The van der Waals surface area contributed by atoms with Gasteiger partial charge in [-0.1, -0.05) is 48.5 Å². The normalized spacial score (nSPS) is 14.0. The summed E-state index contributed by atoms with van der Waals surface area (Å²) in [5.74, 6) is 0.721. The standard InChI is InChI=1S/C26H25N3O2S/c1-28(18-19-7-3-2-4-8-19)26(30)21-11-12-22(27-25(21)29-13-15-31-16-14-29)24-17-20-9-5-6-10-23(20)32-24/h2-12,17H,13-16,18H2,1H3. The first-order valence-corrected chi connectivity index (χ1v) is 11.6. The molecule has 0 radical (unpaired) electrons. The van der Waals surface area contributed by atoms with Gasteiger partial charge in [-0.25, -0.2) is 4.98 Å². The molecule has 6 heteroatoms. The van der Waals surface area contributed by atoms with E-state index in [0.717, 1.165) is 35.0 Å². The molecule has 3 heterocycles. The molecule has 0 bridgehead atoms. The molecule has 1 aliphatic rings. The molecule has 0 atom stereocenters. The number of nitrogens with zero attached hydrogens (tertiary/aromatic N) is 3. The number of hydrogen-bond acceptors (Lipinski definition) is 5. The van der Waals surface area contributed by atoms with Gasteiger partial charge < -0.3 is 14.5 Å². The van der Waals surface area contributed by atoms with Gasteiger partial charge in [0.25, 0.3) is 5.91 Å². The zero-order chi connectivity index (χ0) is 21.9. The fourth-order valence-corrected chi connectivity index (χ4v) is 5.04. The molecule has 2 aromatic carbocycles. The lowest BCUT2D eigenvalue weighted by atomic mass is 10.1. The largest absolute Gasteiger partial charge is 0.378 e. The minimum atomic E-state index is -0.0225. The zero-order valence-electron chi connectivity index (χ0n) is 18.0. The Kier molecular flexibility index (Phi) is 5.88. The van der Waals surface area contributed by atoms with Crippen LogP contribution in [0.25, 0.3) is 20.7 Å². The van der Waals surface area contributed by atoms with Crippen molar-refractivity contribution in [1.82, 2.24) is 9.88 Å². The summed E-state index contributed by atoms with van der Waals surface area (Å²) in [5.41, 5.74) is 2.64. The topological polar surface area (TPSA) is 45.7 Å². The highest BCUT2D eigenvalue weighted by Crippen LogP contribution is 2.34. The SMILES string of the molecule is CN(Cc1ccccc1)C(=O)c1ccc(-c2cc3ccccc3s2)nc1N1CCOCC1. The van der Waals surface area contributed by atoms with E-state index < -0.39 is 0 Å². The predicted octanol–water partition coefficient (Wildman–Crippen LogP) is 5.07. The average Bonchev–Trinajstić information content (AvgIpc) is 3.29. The molecule has 1 fully saturated rings. The second-order valence-electron chi connectivity index (χ2n) is 7.96. The number of carbonyl (C=O) groups is 1. The summed E-state index contributed by atoms with van der Waals surface area (Å²) < 4.78 is 6.78. The van der Waals surface area contributed by atoms with Gasteiger partial charge in [0.2, 0.25) is 0 Å². The van der Waals surface area contributed by atoms with E-state index in [0.29, 0.717) is 25.3 Å². The Balaban J connectivity index is 1.50. The van der Waals surface area contributed by atoms with E-state index in [1.165, 1.54) is 10.1 Å². The summed E-state index contributed by atoms with van der Waals surface area (Å²) in [6.07, 6.45) is 0. The molecule has 5 nitrogen and oxygen atoms in total. The number of rotatable bonds is 5. The first kappa shape index (κ1) is 20.7. The summed E-state index contributed by atoms with van der Waals surface area (Å²) in [7, 11) is 1.85. The van der Waals surface area contributed by atoms with Gasteiger partial charge in [0.1, 0.15) is 5.82 Å². The van der Waals surface area contributed by atoms with E-state index in [1.54, 1.807) is 16.2 Å². The van der Waals surface area contributed by atoms with Gasteiger partial charge in [0, 0.05) is 31.4 Å². The molecule has 0 aliphatic carbocycles. The van der Waals surface area contributed by atoms with Crippen molar-refractivity contribution in [2.24, 2.45) is 0 Å². The number of hydrogen-bond donors (Lipinski definition) is 0. The minimum Gasteiger partial charge on any atom is -0.378 e. The quantitative estimate of drug-likeness (QED) is 0.432. The third-order valence-corrected chi connectivity index (χ3v) is 6.84. The molecule has 1 amide bonds. The van der Waals surface area contributed by atoms with Crippen molar-refractivity contribution in [2.45, 2.75) is 6.54 Å². The fraction of sp³-hybridized carbons (Fsp3) is 0.231. The van der Waals surface area contributed by atoms with Crippen molar-refractivity contribution in [2.75, 3.05) is 38.3 Å². The summed E-state index contributed by atoms with van der Waals surface area (Å²) in [6, 6.07) is 24.5. The maximum absolute atomic E-state index is 13.4. The second-order valence-corrected chi connectivity index (χ2v) is 9.05. The van der Waals surface area contributed by atoms with E-state index >= 15 is 0 Å². The molecule has 162 valence electrons. The number of benzene rings is 2. The number of thiophene rings is 1. The van der Waals surface area contributed by atoms with Gasteiger partial charge in [-0.3, -0.25) is 4.79 Å². The zero-order valence-corrected chi connectivity index (χ0v) is 18.8. The van der Waals surface area contributed by atoms with Crippen LogP contribution in [-0.2, 0) is 11.3 Å². The molecule has 1 saturated heterocycles. The van der Waals surface area contributed by atoms with Crippen LogP contribution in [-0.4, -0.2) is 49.1 Å². The highest BCUT2D eigenvalue weighted by Gasteiger charge is 2.24. The smallest absolute Gasteiger partial charge is 0.257 e. The van der Waals surface area contributed by atoms with Crippen molar-refractivity contribution in [1.29, 1.82) is 0 Å². The van der Waals surface area contributed by atoms with Crippen molar-refractivity contribution >= 4 is 33.1 Å². The van der Waals surface area contributed by atoms with Crippen LogP contribution in [0.1, 0.15) is 15.9 Å². The van der Waals surface area contributed by atoms with Crippen molar-refractivity contribution in [3.63, 3.8) is 0 Å². The lowest BCUT2D eigenvalue weighted by molar-refractivity contribution is 0.0784. The Bertz CT molecular complexity index is 1200. The lowest BCUT2D eigenvalue weighted by Crippen LogP contribution is -2.38. The predicted molar refractivity (Wildman–Crippen MR) is 130 cm³/mol. The van der Waals surface area contributed by atoms with E-state index in [9.17, 15) is 4.79 Å². The maximum Gasteiger partial charge on any atom is 0.257 e. The molecule has 0 saturated carbocycles. The van der Waals surface area contributed by atoms with Gasteiger partial charge in [0.05, 0.1) is 29.3 Å². The monoisotopic (exact) mass is 443 g/mol. The van der Waals surface area contributed by atoms with Crippen LogP contribution in [0.3, 0.4) is 0 Å². The summed E-state index contributed by atoms with van der Waals surface area (Å²) >= 11 is 1.73. The van der Waals surface area contributed by atoms with Gasteiger partial charge in [0.15, 0.2) is 0 Å². The number of aromatic nitrogens is 1. The Labute approximate surface area is 191 Å². The Morgan fingerprint density at radius 3 is 2.56 bits per heavy atom. The summed E-state index contributed by atoms with van der Waals surface area (Å²) in [6.45, 7) is 3.29. The lowest BCUT2D eigenvalue weighted by Gasteiger charge is -2.30. The third kappa shape index (κ3) is 4.24. The Hall–Kier alpha value is -3.22. The summed E-state index contributed by atoms with van der Waals surface area (Å²) in [5, 5.41) is 1.21. The maximum atomic E-state index is 13.4. The van der Waals surface area contributed by atoms with Gasteiger partial charge in [-0.2, -0.15) is 0 Å². The van der Waals surface area contributed by atoms with Gasteiger partial charge in [-0.05, 0) is 35.2 Å². The van der Waals surface area contributed by atoms with Crippen LogP contribution in [0.2, 0.25) is 0 Å². The molecule has 1 aliphatic heterocycles. The van der Waals surface area contributed by atoms with E-state index in [4.69, 9.17) is 9.72 Å². The van der Waals surface area contributed by atoms with E-state index in [1.807, 2.05) is 49.5 Å². The van der Waals surface area contributed by atoms with Crippen LogP contribution >= 0.6 is 11.3 Å². The number of amides is 1. The third-order valence-electron chi connectivity index (χ3n) is 5.70. The molecular formula is C26H25N3O2S. The molecule has 2 aromatic heterocycles. The van der Waals surface area contributed by atoms with Gasteiger partial charge >= 0.3 is 0 Å². The first-order valence-electron chi connectivity index (χ1n) is 10.8. The molecule has 0 N–H and O–H groups in total. The molecule has 32 heavy (non-hydrogen) atoms. The van der Waals surface area contributed by atoms with Crippen LogP contribution < -0.4 is 4.90 Å². The molecule has 5 rings (SSSR count). The van der Waals surface area contributed by atoms with Crippen LogP contribution in [0.4, 0.5) is 5.82 Å². The number of ether oxygens (including phenoxy) is 1. The Morgan fingerprint density at radius 1 is 1.03 bits per heavy atom. The van der Waals surface area contributed by atoms with Crippen molar-refractivity contribution in [3.05, 3.63) is 83.9 Å². The molecular weight excluding hydrogens is 418 g/mol. The highest BCUT2D eigenvalue weighted by molar-refractivity contribution is 7.22. The second kappa shape index (κ2) is 9.10.